The minimum Gasteiger partial charge on any atom is -0.309 e. The van der Waals surface area contributed by atoms with Crippen molar-refractivity contribution in [1.29, 1.82) is 0 Å². The summed E-state index contributed by atoms with van der Waals surface area (Å²) in [6.45, 7) is 2.08. The summed E-state index contributed by atoms with van der Waals surface area (Å²) < 4.78 is 2.62. The summed E-state index contributed by atoms with van der Waals surface area (Å²) in [5.41, 5.74) is 2.28. The van der Waals surface area contributed by atoms with Gasteiger partial charge in [-0.3, -0.25) is 0 Å². The highest BCUT2D eigenvalue weighted by Crippen LogP contribution is 2.40. The Bertz CT molecular complexity index is 516. The molecule has 0 fully saturated rings. The van der Waals surface area contributed by atoms with Gasteiger partial charge in [-0.05, 0) is 47.6 Å². The van der Waals surface area contributed by atoms with Crippen molar-refractivity contribution in [3.8, 4) is 0 Å². The predicted octanol–water partition coefficient (Wildman–Crippen LogP) is 5.50. The van der Waals surface area contributed by atoms with Crippen molar-refractivity contribution in [2.75, 3.05) is 7.05 Å². The molecule has 1 atom stereocenters. The van der Waals surface area contributed by atoms with Crippen LogP contribution in [0.5, 0.6) is 0 Å². The maximum Gasteiger partial charge on any atom is 0.0995 e. The molecule has 2 aromatic rings. The average Bonchev–Trinajstić information content (AvgIpc) is 2.74. The summed E-state index contributed by atoms with van der Waals surface area (Å²) in [4.78, 5) is 1.23. The second kappa shape index (κ2) is 5.59. The lowest BCUT2D eigenvalue weighted by Gasteiger charge is -2.13. The first kappa shape index (κ1) is 13.8. The highest BCUT2D eigenvalue weighted by atomic mass is 79.9. The summed E-state index contributed by atoms with van der Waals surface area (Å²) in [7, 11) is 1.93. The zero-order valence-electron chi connectivity index (χ0n) is 9.18. The molecule has 1 unspecified atom stereocenters. The van der Waals surface area contributed by atoms with Crippen LogP contribution in [0.15, 0.2) is 15.9 Å². The molecule has 2 aromatic heterocycles. The van der Waals surface area contributed by atoms with Crippen molar-refractivity contribution >= 4 is 61.8 Å². The van der Waals surface area contributed by atoms with E-state index in [1.54, 1.807) is 11.3 Å². The minimum absolute atomic E-state index is 0.0984. The summed E-state index contributed by atoms with van der Waals surface area (Å²) in [5, 5.41) is 3.28. The quantitative estimate of drug-likeness (QED) is 0.752. The van der Waals surface area contributed by atoms with E-state index >= 15 is 0 Å². The molecule has 6 heteroatoms. The van der Waals surface area contributed by atoms with Gasteiger partial charge in [0.25, 0.3) is 0 Å². The Morgan fingerprint density at radius 2 is 2.00 bits per heavy atom. The van der Waals surface area contributed by atoms with Crippen molar-refractivity contribution in [3.63, 3.8) is 0 Å². The monoisotopic (exact) mass is 369 g/mol. The molecule has 0 bridgehead atoms. The van der Waals surface area contributed by atoms with E-state index in [2.05, 4.69) is 34.2 Å². The molecule has 0 aliphatic carbocycles. The second-order valence-corrected chi connectivity index (χ2v) is 8.29. The van der Waals surface area contributed by atoms with E-state index in [-0.39, 0.29) is 6.04 Å². The number of aryl methyl sites for hydroxylation is 1. The normalized spacial score (nSPS) is 13.0. The molecule has 0 amide bonds. The average molecular weight is 371 g/mol. The lowest BCUT2D eigenvalue weighted by molar-refractivity contribution is 0.706. The van der Waals surface area contributed by atoms with E-state index in [4.69, 9.17) is 23.2 Å². The van der Waals surface area contributed by atoms with Crippen molar-refractivity contribution < 1.29 is 0 Å². The van der Waals surface area contributed by atoms with Crippen LogP contribution in [0.25, 0.3) is 0 Å². The van der Waals surface area contributed by atoms with Gasteiger partial charge in [-0.25, -0.2) is 0 Å². The lowest BCUT2D eigenvalue weighted by Crippen LogP contribution is -2.16. The molecule has 1 nitrogen and oxygen atoms in total. The summed E-state index contributed by atoms with van der Waals surface area (Å²) in [5.74, 6) is 0. The zero-order valence-corrected chi connectivity index (χ0v) is 13.9. The molecule has 2 heterocycles. The Kier molecular flexibility index (Phi) is 4.55. The molecule has 0 spiro atoms. The number of thiophene rings is 2. The van der Waals surface area contributed by atoms with Crippen LogP contribution >= 0.6 is 61.8 Å². The highest BCUT2D eigenvalue weighted by molar-refractivity contribution is 9.11. The topological polar surface area (TPSA) is 12.0 Å². The summed E-state index contributed by atoms with van der Waals surface area (Å²) in [6, 6.07) is 4.19. The Morgan fingerprint density at radius 3 is 2.41 bits per heavy atom. The Labute approximate surface area is 127 Å². The minimum atomic E-state index is 0.0984. The van der Waals surface area contributed by atoms with Gasteiger partial charge in [0.2, 0.25) is 0 Å². The summed E-state index contributed by atoms with van der Waals surface area (Å²) >= 11 is 18.9. The molecule has 2 rings (SSSR count). The van der Waals surface area contributed by atoms with Gasteiger partial charge < -0.3 is 5.32 Å². The van der Waals surface area contributed by atoms with Crippen LogP contribution in [0, 0.1) is 6.92 Å². The van der Waals surface area contributed by atoms with Gasteiger partial charge in [0.1, 0.15) is 0 Å². The number of hydrogen-bond acceptors (Lipinski definition) is 3. The van der Waals surface area contributed by atoms with Crippen molar-refractivity contribution in [2.45, 2.75) is 13.0 Å². The largest absolute Gasteiger partial charge is 0.309 e. The van der Waals surface area contributed by atoms with Gasteiger partial charge in [0, 0.05) is 10.4 Å². The van der Waals surface area contributed by atoms with Crippen LogP contribution in [0.1, 0.15) is 22.0 Å². The smallest absolute Gasteiger partial charge is 0.0995 e. The van der Waals surface area contributed by atoms with Crippen LogP contribution in [0.4, 0.5) is 0 Å². The Balaban J connectivity index is 2.43. The van der Waals surface area contributed by atoms with E-state index < -0.39 is 0 Å². The third kappa shape index (κ3) is 2.88. The van der Waals surface area contributed by atoms with E-state index in [0.717, 1.165) is 18.0 Å². The SMILES string of the molecule is CNC(c1cc(C)c(Br)s1)c1cc(Cl)sc1Cl. The molecule has 0 saturated heterocycles. The van der Waals surface area contributed by atoms with E-state index in [9.17, 15) is 0 Å². The fourth-order valence-corrected chi connectivity index (χ4v) is 4.86. The van der Waals surface area contributed by atoms with Crippen LogP contribution in [-0.4, -0.2) is 7.05 Å². The molecule has 92 valence electrons. The zero-order chi connectivity index (χ0) is 12.6. The highest BCUT2D eigenvalue weighted by Gasteiger charge is 2.20. The predicted molar refractivity (Wildman–Crippen MR) is 82.0 cm³/mol. The number of hydrogen-bond donors (Lipinski definition) is 1. The third-order valence-electron chi connectivity index (χ3n) is 2.44. The van der Waals surface area contributed by atoms with Gasteiger partial charge >= 0.3 is 0 Å². The van der Waals surface area contributed by atoms with Gasteiger partial charge in [0.15, 0.2) is 0 Å². The van der Waals surface area contributed by atoms with Crippen LogP contribution in [0.2, 0.25) is 8.67 Å². The van der Waals surface area contributed by atoms with E-state index in [0.29, 0.717) is 0 Å². The van der Waals surface area contributed by atoms with E-state index in [1.165, 1.54) is 21.8 Å². The fourth-order valence-electron chi connectivity index (χ4n) is 1.63. The van der Waals surface area contributed by atoms with E-state index in [1.807, 2.05) is 13.1 Å². The first-order valence-electron chi connectivity index (χ1n) is 4.90. The van der Waals surface area contributed by atoms with Crippen molar-refractivity contribution in [2.24, 2.45) is 0 Å². The maximum atomic E-state index is 6.20. The Morgan fingerprint density at radius 1 is 1.29 bits per heavy atom. The standard InChI is InChI=1S/C11H10BrCl2NS2/c1-5-3-7(16-10(5)12)9(15-2)6-4-8(13)17-11(6)14/h3-4,9,15H,1-2H3. The van der Waals surface area contributed by atoms with Crippen molar-refractivity contribution in [1.82, 2.24) is 5.32 Å². The first-order chi connectivity index (χ1) is 8.02. The molecule has 0 aliphatic heterocycles. The van der Waals surface area contributed by atoms with Crippen LogP contribution in [-0.2, 0) is 0 Å². The first-order valence-corrected chi connectivity index (χ1v) is 8.09. The number of nitrogens with one attached hydrogen (secondary N) is 1. The molecule has 0 radical (unpaired) electrons. The fraction of sp³-hybridized carbons (Fsp3) is 0.273. The lowest BCUT2D eigenvalue weighted by atomic mass is 10.1. The number of halogens is 3. The van der Waals surface area contributed by atoms with Crippen LogP contribution in [0.3, 0.4) is 0 Å². The molecule has 1 N–H and O–H groups in total. The maximum absolute atomic E-state index is 6.20. The molecule has 17 heavy (non-hydrogen) atoms. The molecule has 0 saturated carbocycles. The molecule has 0 aliphatic rings. The van der Waals surface area contributed by atoms with Gasteiger partial charge in [-0.1, -0.05) is 23.2 Å². The molecule has 0 aromatic carbocycles. The van der Waals surface area contributed by atoms with Gasteiger partial charge in [-0.15, -0.1) is 22.7 Å². The van der Waals surface area contributed by atoms with Crippen LogP contribution < -0.4 is 5.32 Å². The number of rotatable bonds is 3. The third-order valence-corrected chi connectivity index (χ3v) is 6.16. The van der Waals surface area contributed by atoms with Gasteiger partial charge in [0.05, 0.1) is 18.5 Å². The van der Waals surface area contributed by atoms with Crippen molar-refractivity contribution in [3.05, 3.63) is 40.6 Å². The molecular weight excluding hydrogens is 361 g/mol. The second-order valence-electron chi connectivity index (χ2n) is 3.61. The summed E-state index contributed by atoms with van der Waals surface area (Å²) in [6.07, 6.45) is 0. The molecular formula is C11H10BrCl2NS2. The van der Waals surface area contributed by atoms with Gasteiger partial charge in [-0.2, -0.15) is 0 Å². The Hall–Kier alpha value is 0.420.